The number of carbonyl (C=O) groups excluding carboxylic acids is 1. The number of ketones is 1. The van der Waals surface area contributed by atoms with Crippen LogP contribution in [0, 0.1) is 5.92 Å². The number of carbonyl (C=O) groups is 1. The molecule has 6 rings (SSSR count). The topological polar surface area (TPSA) is 91.4 Å². The zero-order valence-corrected chi connectivity index (χ0v) is 20.9. The van der Waals surface area contributed by atoms with Gasteiger partial charge in [-0.15, -0.1) is 0 Å². The number of aliphatic hydroxyl groups excluding tert-OH is 1. The van der Waals surface area contributed by atoms with E-state index in [1.54, 1.807) is 29.2 Å². The fourth-order valence-electron chi connectivity index (χ4n) is 5.04. The average Bonchev–Trinajstić information content (AvgIpc) is 3.68. The number of hydrogen-bond acceptors (Lipinski definition) is 7. The van der Waals surface area contributed by atoms with Crippen molar-refractivity contribution >= 4 is 17.1 Å². The van der Waals surface area contributed by atoms with Crippen LogP contribution in [0.3, 0.4) is 0 Å². The van der Waals surface area contributed by atoms with Crippen molar-refractivity contribution in [2.75, 3.05) is 7.11 Å². The Bertz CT molecular complexity index is 1470. The molecule has 1 aromatic carbocycles. The van der Waals surface area contributed by atoms with Gasteiger partial charge in [0.25, 0.3) is 0 Å². The third kappa shape index (κ3) is 3.94. The maximum absolute atomic E-state index is 13.3. The summed E-state index contributed by atoms with van der Waals surface area (Å²) in [5.41, 5.74) is 5.31. The van der Waals surface area contributed by atoms with E-state index in [1.807, 2.05) is 59.0 Å². The normalized spacial score (nSPS) is 18.8. The van der Waals surface area contributed by atoms with E-state index in [0.29, 0.717) is 23.6 Å². The first kappa shape index (κ1) is 22.8. The van der Waals surface area contributed by atoms with Gasteiger partial charge in [0.15, 0.2) is 0 Å². The average molecular weight is 503 g/mol. The first-order chi connectivity index (χ1) is 17.5. The predicted molar refractivity (Wildman–Crippen MR) is 137 cm³/mol. The molecule has 1 fully saturated rings. The second-order valence-corrected chi connectivity index (χ2v) is 10.0. The van der Waals surface area contributed by atoms with Gasteiger partial charge in [0.2, 0.25) is 5.78 Å². The van der Waals surface area contributed by atoms with Gasteiger partial charge in [-0.05, 0) is 54.8 Å². The smallest absolute Gasteiger partial charge is 0.206 e. The molecule has 2 aliphatic rings. The molecule has 0 spiro atoms. The van der Waals surface area contributed by atoms with Gasteiger partial charge in [0.1, 0.15) is 23.8 Å². The molecule has 4 heterocycles. The van der Waals surface area contributed by atoms with E-state index in [1.165, 1.54) is 0 Å². The molecule has 0 saturated heterocycles. The van der Waals surface area contributed by atoms with Crippen molar-refractivity contribution in [1.29, 1.82) is 0 Å². The summed E-state index contributed by atoms with van der Waals surface area (Å²) < 4.78 is 15.4. The number of aromatic nitrogens is 4. The van der Waals surface area contributed by atoms with E-state index in [-0.39, 0.29) is 24.4 Å². The lowest BCUT2D eigenvalue weighted by Gasteiger charge is -2.21. The summed E-state index contributed by atoms with van der Waals surface area (Å²) in [6.07, 6.45) is 7.48. The molecule has 1 aliphatic carbocycles. The van der Waals surface area contributed by atoms with Crippen molar-refractivity contribution in [2.45, 2.75) is 32.0 Å². The standard InChI is InChI=1S/C27H26N4O4S/c1-30-9-7-22(28-30)19-12-20-25(13-24(19)34-2)35-14-21-26(23(33)6-4-16-3-5-18(32)11-16)29-31(27(20)21)17-8-10-36-15-17/h4,6-10,12-13,15-16,18,32H,3,5,11,14H2,1-2H3. The molecule has 3 aromatic heterocycles. The molecule has 2 unspecified atom stereocenters. The number of allylic oxidation sites excluding steroid dienone is 2. The van der Waals surface area contributed by atoms with Crippen LogP contribution < -0.4 is 9.47 Å². The molecule has 0 radical (unpaired) electrons. The van der Waals surface area contributed by atoms with Gasteiger partial charge < -0.3 is 14.6 Å². The van der Waals surface area contributed by atoms with E-state index in [9.17, 15) is 9.90 Å². The third-order valence-electron chi connectivity index (χ3n) is 6.85. The Hall–Kier alpha value is -3.69. The van der Waals surface area contributed by atoms with E-state index >= 15 is 0 Å². The van der Waals surface area contributed by atoms with Crippen LogP contribution in [-0.4, -0.2) is 43.7 Å². The van der Waals surface area contributed by atoms with Gasteiger partial charge >= 0.3 is 0 Å². The molecule has 9 heteroatoms. The van der Waals surface area contributed by atoms with Gasteiger partial charge in [-0.2, -0.15) is 21.5 Å². The van der Waals surface area contributed by atoms with Gasteiger partial charge in [-0.1, -0.05) is 6.08 Å². The van der Waals surface area contributed by atoms with Crippen LogP contribution in [0.25, 0.3) is 28.2 Å². The second-order valence-electron chi connectivity index (χ2n) is 9.23. The fraction of sp³-hybridized carbons (Fsp3) is 0.296. The van der Waals surface area contributed by atoms with Gasteiger partial charge in [0, 0.05) is 41.4 Å². The molecule has 184 valence electrons. The molecular weight excluding hydrogens is 476 g/mol. The van der Waals surface area contributed by atoms with Crippen molar-refractivity contribution in [3.63, 3.8) is 0 Å². The molecule has 2 atom stereocenters. The summed E-state index contributed by atoms with van der Waals surface area (Å²) in [6, 6.07) is 7.80. The zero-order chi connectivity index (χ0) is 24.8. The molecule has 1 saturated carbocycles. The lowest BCUT2D eigenvalue weighted by Crippen LogP contribution is -2.10. The summed E-state index contributed by atoms with van der Waals surface area (Å²) >= 11 is 1.57. The zero-order valence-electron chi connectivity index (χ0n) is 20.0. The Kier molecular flexibility index (Phi) is 5.73. The third-order valence-corrected chi connectivity index (χ3v) is 7.52. The summed E-state index contributed by atoms with van der Waals surface area (Å²) in [5.74, 6) is 1.39. The first-order valence-electron chi connectivity index (χ1n) is 11.9. The van der Waals surface area contributed by atoms with Crippen LogP contribution in [0.5, 0.6) is 11.5 Å². The van der Waals surface area contributed by atoms with Crippen LogP contribution in [0.2, 0.25) is 0 Å². The Balaban J connectivity index is 1.48. The number of benzene rings is 1. The van der Waals surface area contributed by atoms with Crippen molar-refractivity contribution in [3.05, 3.63) is 64.6 Å². The summed E-state index contributed by atoms with van der Waals surface area (Å²) in [7, 11) is 3.50. The van der Waals surface area contributed by atoms with Crippen molar-refractivity contribution in [3.8, 4) is 39.7 Å². The highest BCUT2D eigenvalue weighted by Crippen LogP contribution is 2.46. The molecule has 8 nitrogen and oxygen atoms in total. The number of methoxy groups -OCH3 is 1. The van der Waals surface area contributed by atoms with Crippen LogP contribution >= 0.6 is 11.3 Å². The number of hydrogen-bond donors (Lipinski definition) is 1. The number of aliphatic hydroxyl groups is 1. The number of aryl methyl sites for hydroxylation is 1. The van der Waals surface area contributed by atoms with Crippen molar-refractivity contribution < 1.29 is 19.4 Å². The quantitative estimate of drug-likeness (QED) is 0.301. The lowest BCUT2D eigenvalue weighted by molar-refractivity contribution is 0.103. The van der Waals surface area contributed by atoms with E-state index in [0.717, 1.165) is 46.6 Å². The molecule has 0 bridgehead atoms. The van der Waals surface area contributed by atoms with Crippen LogP contribution in [0.15, 0.2) is 53.4 Å². The van der Waals surface area contributed by atoms with Crippen molar-refractivity contribution in [1.82, 2.24) is 19.6 Å². The van der Waals surface area contributed by atoms with E-state index < -0.39 is 0 Å². The number of ether oxygens (including phenoxy) is 2. The minimum Gasteiger partial charge on any atom is -0.496 e. The summed E-state index contributed by atoms with van der Waals surface area (Å²) in [5, 5.41) is 23.2. The molecule has 4 aromatic rings. The Morgan fingerprint density at radius 3 is 2.83 bits per heavy atom. The Morgan fingerprint density at radius 1 is 1.25 bits per heavy atom. The maximum atomic E-state index is 13.3. The Morgan fingerprint density at radius 2 is 2.14 bits per heavy atom. The van der Waals surface area contributed by atoms with Gasteiger partial charge in [0.05, 0.1) is 30.3 Å². The number of fused-ring (bicyclic) bond motifs is 3. The highest BCUT2D eigenvalue weighted by molar-refractivity contribution is 7.08. The molecular formula is C27H26N4O4S. The van der Waals surface area contributed by atoms with Crippen molar-refractivity contribution in [2.24, 2.45) is 13.0 Å². The highest BCUT2D eigenvalue weighted by Gasteiger charge is 2.31. The van der Waals surface area contributed by atoms with Crippen LogP contribution in [0.4, 0.5) is 0 Å². The first-order valence-corrected chi connectivity index (χ1v) is 12.9. The lowest BCUT2D eigenvalue weighted by atomic mass is 9.97. The van der Waals surface area contributed by atoms with E-state index in [2.05, 4.69) is 5.10 Å². The Labute approximate surface area is 212 Å². The molecule has 0 amide bonds. The largest absolute Gasteiger partial charge is 0.496 e. The molecule has 1 aliphatic heterocycles. The minimum atomic E-state index is -0.282. The SMILES string of the molecule is COc1cc2c(cc1-c1ccn(C)n1)-c1c(c(C(=O)C=CC3CCC(O)C3)nn1-c1ccsc1)CO2. The molecule has 1 N–H and O–H groups in total. The maximum Gasteiger partial charge on any atom is 0.206 e. The summed E-state index contributed by atoms with van der Waals surface area (Å²) in [6.45, 7) is 0.232. The second kappa shape index (κ2) is 9.07. The molecule has 36 heavy (non-hydrogen) atoms. The fourth-order valence-corrected chi connectivity index (χ4v) is 5.65. The van der Waals surface area contributed by atoms with Crippen LogP contribution in [0.1, 0.15) is 35.3 Å². The number of thiophene rings is 1. The number of rotatable bonds is 6. The van der Waals surface area contributed by atoms with Gasteiger partial charge in [-0.3, -0.25) is 9.48 Å². The minimum absolute atomic E-state index is 0.160. The van der Waals surface area contributed by atoms with E-state index in [4.69, 9.17) is 14.6 Å². The highest BCUT2D eigenvalue weighted by atomic mass is 32.1. The van der Waals surface area contributed by atoms with Gasteiger partial charge in [-0.25, -0.2) is 4.68 Å². The predicted octanol–water partition coefficient (Wildman–Crippen LogP) is 4.80. The summed E-state index contributed by atoms with van der Waals surface area (Å²) in [4.78, 5) is 13.3. The monoisotopic (exact) mass is 502 g/mol. The number of nitrogens with zero attached hydrogens (tertiary/aromatic N) is 4. The van der Waals surface area contributed by atoms with Crippen LogP contribution in [-0.2, 0) is 13.7 Å².